The SMILES string of the molecule is O=C(Nc1ccc(Cl)c2ncsc12)[C@H]1COc2ccccc2O1. The fourth-order valence-corrected chi connectivity index (χ4v) is 3.43. The number of carbonyl (C=O) groups is 1. The molecule has 0 fully saturated rings. The predicted octanol–water partition coefficient (Wildman–Crippen LogP) is 3.73. The van der Waals surface area contributed by atoms with E-state index in [-0.39, 0.29) is 12.5 Å². The Morgan fingerprint density at radius 2 is 2.09 bits per heavy atom. The van der Waals surface area contributed by atoms with E-state index in [1.54, 1.807) is 23.7 Å². The highest BCUT2D eigenvalue weighted by Crippen LogP contribution is 2.33. The highest BCUT2D eigenvalue weighted by Gasteiger charge is 2.27. The van der Waals surface area contributed by atoms with Crippen LogP contribution in [0.3, 0.4) is 0 Å². The number of halogens is 1. The van der Waals surface area contributed by atoms with Crippen molar-refractivity contribution in [1.82, 2.24) is 4.98 Å². The van der Waals surface area contributed by atoms with E-state index in [1.165, 1.54) is 11.3 Å². The first-order valence-corrected chi connectivity index (χ1v) is 8.19. The summed E-state index contributed by atoms with van der Waals surface area (Å²) in [4.78, 5) is 16.7. The Bertz CT molecular complexity index is 896. The molecule has 0 saturated carbocycles. The van der Waals surface area contributed by atoms with Gasteiger partial charge in [-0.1, -0.05) is 23.7 Å². The smallest absolute Gasteiger partial charge is 0.269 e. The maximum Gasteiger partial charge on any atom is 0.269 e. The molecule has 3 aromatic rings. The molecule has 2 heterocycles. The number of rotatable bonds is 2. The first-order chi connectivity index (χ1) is 11.2. The fraction of sp³-hybridized carbons (Fsp3) is 0.125. The van der Waals surface area contributed by atoms with Crippen molar-refractivity contribution in [2.45, 2.75) is 6.10 Å². The number of hydrogen-bond donors (Lipinski definition) is 1. The molecule has 23 heavy (non-hydrogen) atoms. The number of carbonyl (C=O) groups excluding carboxylic acids is 1. The van der Waals surface area contributed by atoms with Gasteiger partial charge in [-0.3, -0.25) is 4.79 Å². The molecule has 0 unspecified atom stereocenters. The number of fused-ring (bicyclic) bond motifs is 2. The van der Waals surface area contributed by atoms with Crippen molar-refractivity contribution in [3.8, 4) is 11.5 Å². The van der Waals surface area contributed by atoms with Gasteiger partial charge in [0.1, 0.15) is 12.1 Å². The van der Waals surface area contributed by atoms with E-state index in [4.69, 9.17) is 21.1 Å². The van der Waals surface area contributed by atoms with Crippen molar-refractivity contribution in [2.24, 2.45) is 0 Å². The molecule has 0 bridgehead atoms. The molecule has 1 atom stereocenters. The van der Waals surface area contributed by atoms with Gasteiger partial charge in [-0.05, 0) is 24.3 Å². The average Bonchev–Trinajstić information content (AvgIpc) is 3.08. The number of para-hydroxylation sites is 2. The third kappa shape index (κ3) is 2.60. The molecule has 7 heteroatoms. The van der Waals surface area contributed by atoms with Crippen LogP contribution in [-0.2, 0) is 4.79 Å². The Morgan fingerprint density at radius 3 is 2.96 bits per heavy atom. The summed E-state index contributed by atoms with van der Waals surface area (Å²) in [5, 5.41) is 3.43. The zero-order valence-electron chi connectivity index (χ0n) is 11.8. The molecule has 2 aromatic carbocycles. The summed E-state index contributed by atoms with van der Waals surface area (Å²) in [6, 6.07) is 10.8. The molecule has 0 aliphatic carbocycles. The fourth-order valence-electron chi connectivity index (χ4n) is 2.38. The topological polar surface area (TPSA) is 60.5 Å². The molecule has 116 valence electrons. The monoisotopic (exact) mass is 346 g/mol. The lowest BCUT2D eigenvalue weighted by Crippen LogP contribution is -2.40. The van der Waals surface area contributed by atoms with Crippen LogP contribution < -0.4 is 14.8 Å². The van der Waals surface area contributed by atoms with Gasteiger partial charge >= 0.3 is 0 Å². The number of nitrogens with zero attached hydrogens (tertiary/aromatic N) is 1. The molecule has 1 amide bonds. The van der Waals surface area contributed by atoms with Gasteiger partial charge in [0.2, 0.25) is 6.10 Å². The van der Waals surface area contributed by atoms with Crippen LogP contribution in [0, 0.1) is 0 Å². The standard InChI is InChI=1S/C16H11ClN2O3S/c17-9-5-6-10(15-14(9)18-8-23-15)19-16(20)13-7-21-11-3-1-2-4-12(11)22-13/h1-6,8,13H,7H2,(H,19,20)/t13-/m1/s1. The number of benzene rings is 2. The van der Waals surface area contributed by atoms with Gasteiger partial charge in [0.15, 0.2) is 11.5 Å². The molecule has 0 radical (unpaired) electrons. The largest absolute Gasteiger partial charge is 0.485 e. The Kier molecular flexibility index (Phi) is 3.55. The normalized spacial score (nSPS) is 16.3. The molecule has 1 aromatic heterocycles. The molecule has 5 nitrogen and oxygen atoms in total. The number of nitrogens with one attached hydrogen (secondary N) is 1. The average molecular weight is 347 g/mol. The second kappa shape index (κ2) is 5.72. The van der Waals surface area contributed by atoms with E-state index >= 15 is 0 Å². The van der Waals surface area contributed by atoms with Crippen molar-refractivity contribution < 1.29 is 14.3 Å². The number of thiazole rings is 1. The van der Waals surface area contributed by atoms with Gasteiger partial charge in [0.05, 0.1) is 20.9 Å². The molecule has 1 N–H and O–H groups in total. The minimum atomic E-state index is -0.705. The first kappa shape index (κ1) is 14.3. The summed E-state index contributed by atoms with van der Waals surface area (Å²) >= 11 is 7.52. The summed E-state index contributed by atoms with van der Waals surface area (Å²) in [6.07, 6.45) is -0.705. The molecule has 4 rings (SSSR count). The van der Waals surface area contributed by atoms with Crippen LogP contribution >= 0.6 is 22.9 Å². The van der Waals surface area contributed by atoms with Crippen molar-refractivity contribution in [2.75, 3.05) is 11.9 Å². The maximum atomic E-state index is 12.5. The zero-order chi connectivity index (χ0) is 15.8. The van der Waals surface area contributed by atoms with E-state index in [2.05, 4.69) is 10.3 Å². The lowest BCUT2D eigenvalue weighted by molar-refractivity contribution is -0.125. The van der Waals surface area contributed by atoms with Gasteiger partial charge in [-0.2, -0.15) is 0 Å². The summed E-state index contributed by atoms with van der Waals surface area (Å²) in [5.41, 5.74) is 3.04. The van der Waals surface area contributed by atoms with Crippen molar-refractivity contribution in [3.05, 3.63) is 46.9 Å². The molecule has 1 aliphatic heterocycles. The summed E-state index contributed by atoms with van der Waals surface area (Å²) in [5.74, 6) is 0.947. The van der Waals surface area contributed by atoms with Gasteiger partial charge < -0.3 is 14.8 Å². The second-order valence-electron chi connectivity index (χ2n) is 4.98. The Morgan fingerprint density at radius 1 is 1.26 bits per heavy atom. The third-order valence-electron chi connectivity index (χ3n) is 3.49. The third-order valence-corrected chi connectivity index (χ3v) is 4.66. The van der Waals surface area contributed by atoms with E-state index in [0.29, 0.717) is 27.7 Å². The summed E-state index contributed by atoms with van der Waals surface area (Å²) in [7, 11) is 0. The minimum Gasteiger partial charge on any atom is -0.485 e. The molecule has 1 aliphatic rings. The minimum absolute atomic E-state index is 0.169. The number of amides is 1. The van der Waals surface area contributed by atoms with Gasteiger partial charge in [-0.25, -0.2) is 4.98 Å². The van der Waals surface area contributed by atoms with Crippen LogP contribution in [0.15, 0.2) is 41.9 Å². The van der Waals surface area contributed by atoms with Crippen LogP contribution in [0.1, 0.15) is 0 Å². The van der Waals surface area contributed by atoms with E-state index < -0.39 is 6.10 Å². The molecular formula is C16H11ClN2O3S. The second-order valence-corrected chi connectivity index (χ2v) is 6.24. The predicted molar refractivity (Wildman–Crippen MR) is 89.6 cm³/mol. The van der Waals surface area contributed by atoms with E-state index in [9.17, 15) is 4.79 Å². The van der Waals surface area contributed by atoms with Gasteiger partial charge in [0.25, 0.3) is 5.91 Å². The molecule has 0 spiro atoms. The molecular weight excluding hydrogens is 336 g/mol. The Hall–Kier alpha value is -2.31. The van der Waals surface area contributed by atoms with Crippen LogP contribution in [-0.4, -0.2) is 23.6 Å². The number of ether oxygens (including phenoxy) is 2. The first-order valence-electron chi connectivity index (χ1n) is 6.93. The van der Waals surface area contributed by atoms with Gasteiger partial charge in [0, 0.05) is 0 Å². The number of anilines is 1. The van der Waals surface area contributed by atoms with Crippen LogP contribution in [0.4, 0.5) is 5.69 Å². The number of aromatic nitrogens is 1. The van der Waals surface area contributed by atoms with E-state index in [0.717, 1.165) is 4.70 Å². The Labute approximate surface area is 140 Å². The lowest BCUT2D eigenvalue weighted by Gasteiger charge is -2.25. The van der Waals surface area contributed by atoms with Crippen LogP contribution in [0.5, 0.6) is 11.5 Å². The maximum absolute atomic E-state index is 12.5. The summed E-state index contributed by atoms with van der Waals surface area (Å²) in [6.45, 7) is 0.169. The highest BCUT2D eigenvalue weighted by atomic mass is 35.5. The van der Waals surface area contributed by atoms with Gasteiger partial charge in [-0.15, -0.1) is 11.3 Å². The van der Waals surface area contributed by atoms with Crippen molar-refractivity contribution >= 4 is 44.7 Å². The molecule has 0 saturated heterocycles. The Balaban J connectivity index is 1.56. The van der Waals surface area contributed by atoms with Crippen molar-refractivity contribution in [3.63, 3.8) is 0 Å². The van der Waals surface area contributed by atoms with E-state index in [1.807, 2.05) is 18.2 Å². The van der Waals surface area contributed by atoms with Crippen molar-refractivity contribution in [1.29, 1.82) is 0 Å². The zero-order valence-corrected chi connectivity index (χ0v) is 13.4. The number of hydrogen-bond acceptors (Lipinski definition) is 5. The quantitative estimate of drug-likeness (QED) is 0.768. The van der Waals surface area contributed by atoms with Crippen LogP contribution in [0.25, 0.3) is 10.2 Å². The summed E-state index contributed by atoms with van der Waals surface area (Å²) < 4.78 is 12.1. The van der Waals surface area contributed by atoms with Crippen LogP contribution in [0.2, 0.25) is 5.02 Å². The highest BCUT2D eigenvalue weighted by molar-refractivity contribution is 7.17. The lowest BCUT2D eigenvalue weighted by atomic mass is 10.2.